The fraction of sp³-hybridized carbons (Fsp3) is 0.174. The summed E-state index contributed by atoms with van der Waals surface area (Å²) in [6.45, 7) is 0. The first-order chi connectivity index (χ1) is 15.3. The Balaban J connectivity index is 1.45. The molecule has 162 valence electrons. The number of carbonyl (C=O) groups excluding carboxylic acids is 1. The van der Waals surface area contributed by atoms with Gasteiger partial charge >= 0.3 is 12.1 Å². The van der Waals surface area contributed by atoms with Crippen molar-refractivity contribution in [1.82, 2.24) is 9.97 Å². The summed E-state index contributed by atoms with van der Waals surface area (Å²) in [4.78, 5) is 21.0. The number of alkyl halides is 3. The largest absolute Gasteiger partial charge is 0.471 e. The van der Waals surface area contributed by atoms with Crippen molar-refractivity contribution in [3.8, 4) is 10.6 Å². The fourth-order valence-electron chi connectivity index (χ4n) is 3.74. The van der Waals surface area contributed by atoms with E-state index in [9.17, 15) is 22.4 Å². The quantitative estimate of drug-likeness (QED) is 0.378. The molecule has 1 aliphatic carbocycles. The number of rotatable bonds is 4. The van der Waals surface area contributed by atoms with Crippen LogP contribution < -0.4 is 5.32 Å². The minimum atomic E-state index is -5.05. The van der Waals surface area contributed by atoms with Crippen LogP contribution >= 0.6 is 11.3 Å². The van der Waals surface area contributed by atoms with Gasteiger partial charge in [0.05, 0.1) is 5.69 Å². The number of carbonyl (C=O) groups is 1. The standard InChI is InChI=1S/C23H15F4N3OS/c24-16-12-14(28-21(31)23(25,26)27)6-7-15(16)19-29-17-8-9-18(30-20(17)32-19)22(10-11-22)13-4-2-1-3-5-13/h1-9,12H,10-11H2,(H,28,31). The smallest absolute Gasteiger partial charge is 0.318 e. The Bertz CT molecular complexity index is 1330. The van der Waals surface area contributed by atoms with Gasteiger partial charge in [0.25, 0.3) is 0 Å². The number of anilines is 1. The third-order valence-corrected chi connectivity index (χ3v) is 6.54. The predicted octanol–water partition coefficient (Wildman–Crippen LogP) is 6.08. The lowest BCUT2D eigenvalue weighted by Gasteiger charge is -2.14. The molecule has 2 heterocycles. The summed E-state index contributed by atoms with van der Waals surface area (Å²) in [7, 11) is 0. The van der Waals surface area contributed by atoms with Crippen molar-refractivity contribution in [2.24, 2.45) is 0 Å². The van der Waals surface area contributed by atoms with Gasteiger partial charge in [0.2, 0.25) is 0 Å². The van der Waals surface area contributed by atoms with Crippen molar-refractivity contribution in [2.75, 3.05) is 5.32 Å². The van der Waals surface area contributed by atoms with Gasteiger partial charge in [-0.3, -0.25) is 4.79 Å². The Morgan fingerprint density at radius 3 is 2.41 bits per heavy atom. The lowest BCUT2D eigenvalue weighted by atomic mass is 9.92. The lowest BCUT2D eigenvalue weighted by molar-refractivity contribution is -0.167. The van der Waals surface area contributed by atoms with Crippen LogP contribution in [-0.2, 0) is 10.2 Å². The van der Waals surface area contributed by atoms with Crippen LogP contribution in [0, 0.1) is 5.82 Å². The average molecular weight is 457 g/mol. The molecule has 0 radical (unpaired) electrons. The van der Waals surface area contributed by atoms with Crippen LogP contribution in [0.25, 0.3) is 20.9 Å². The van der Waals surface area contributed by atoms with Crippen LogP contribution in [-0.4, -0.2) is 22.1 Å². The highest BCUT2D eigenvalue weighted by atomic mass is 32.1. The van der Waals surface area contributed by atoms with Gasteiger partial charge in [0, 0.05) is 16.7 Å². The molecule has 0 bridgehead atoms. The maximum atomic E-state index is 14.6. The Labute approximate surface area is 183 Å². The minimum absolute atomic E-state index is 0.108. The van der Waals surface area contributed by atoms with E-state index < -0.39 is 17.9 Å². The summed E-state index contributed by atoms with van der Waals surface area (Å²) in [5, 5.41) is 2.00. The molecule has 1 amide bonds. The Hall–Kier alpha value is -3.33. The van der Waals surface area contributed by atoms with Crippen LogP contribution in [0.4, 0.5) is 23.2 Å². The minimum Gasteiger partial charge on any atom is -0.318 e. The van der Waals surface area contributed by atoms with Crippen molar-refractivity contribution in [3.63, 3.8) is 0 Å². The van der Waals surface area contributed by atoms with Gasteiger partial charge in [-0.05, 0) is 48.7 Å². The number of thiazole rings is 1. The van der Waals surface area contributed by atoms with E-state index in [1.54, 1.807) is 5.32 Å². The normalized spacial score (nSPS) is 15.0. The molecule has 4 nitrogen and oxygen atoms in total. The SMILES string of the molecule is O=C(Nc1ccc(-c2nc3ccc(C4(c5ccccc5)CC4)nc3s2)c(F)c1)C(F)(F)F. The average Bonchev–Trinajstić information content (AvgIpc) is 3.47. The van der Waals surface area contributed by atoms with E-state index in [4.69, 9.17) is 4.98 Å². The van der Waals surface area contributed by atoms with Crippen molar-refractivity contribution in [2.45, 2.75) is 24.4 Å². The van der Waals surface area contributed by atoms with Crippen molar-refractivity contribution in [3.05, 3.63) is 77.7 Å². The number of nitrogens with one attached hydrogen (secondary N) is 1. The highest BCUT2D eigenvalue weighted by molar-refractivity contribution is 7.21. The molecule has 2 aromatic carbocycles. The highest BCUT2D eigenvalue weighted by Gasteiger charge is 2.47. The van der Waals surface area contributed by atoms with Crippen molar-refractivity contribution < 1.29 is 22.4 Å². The number of pyridine rings is 1. The third kappa shape index (κ3) is 3.62. The lowest BCUT2D eigenvalue weighted by Crippen LogP contribution is -2.29. The van der Waals surface area contributed by atoms with Gasteiger partial charge in [-0.2, -0.15) is 13.2 Å². The first kappa shape index (κ1) is 20.6. The number of amides is 1. The highest BCUT2D eigenvalue weighted by Crippen LogP contribution is 2.53. The second-order valence-electron chi connectivity index (χ2n) is 7.63. The molecule has 2 aromatic heterocycles. The second-order valence-corrected chi connectivity index (χ2v) is 8.61. The van der Waals surface area contributed by atoms with Gasteiger partial charge in [-0.25, -0.2) is 14.4 Å². The third-order valence-electron chi connectivity index (χ3n) is 5.54. The van der Waals surface area contributed by atoms with E-state index in [2.05, 4.69) is 17.1 Å². The topological polar surface area (TPSA) is 54.9 Å². The number of fused-ring (bicyclic) bond motifs is 1. The summed E-state index contributed by atoms with van der Waals surface area (Å²) in [6.07, 6.45) is -3.05. The van der Waals surface area contributed by atoms with E-state index in [0.29, 0.717) is 15.4 Å². The molecule has 0 saturated heterocycles. The molecule has 9 heteroatoms. The Morgan fingerprint density at radius 1 is 1.00 bits per heavy atom. The number of halogens is 4. The molecule has 1 N–H and O–H groups in total. The van der Waals surface area contributed by atoms with E-state index in [-0.39, 0.29) is 16.7 Å². The number of hydrogen-bond donors (Lipinski definition) is 1. The monoisotopic (exact) mass is 457 g/mol. The van der Waals surface area contributed by atoms with Crippen molar-refractivity contribution in [1.29, 1.82) is 0 Å². The molecule has 0 atom stereocenters. The fourth-order valence-corrected chi connectivity index (χ4v) is 4.71. The molecule has 1 fully saturated rings. The summed E-state index contributed by atoms with van der Waals surface area (Å²) >= 11 is 1.21. The van der Waals surface area contributed by atoms with Gasteiger partial charge < -0.3 is 5.32 Å². The first-order valence-electron chi connectivity index (χ1n) is 9.78. The molecule has 1 aliphatic rings. The predicted molar refractivity (Wildman–Crippen MR) is 114 cm³/mol. The molecular formula is C23H15F4N3OS. The second kappa shape index (κ2) is 7.37. The number of aromatic nitrogens is 2. The van der Waals surface area contributed by atoms with Crippen LogP contribution in [0.2, 0.25) is 0 Å². The molecule has 0 unspecified atom stereocenters. The molecule has 4 aromatic rings. The molecule has 5 rings (SSSR count). The van der Waals surface area contributed by atoms with E-state index in [1.165, 1.54) is 29.0 Å². The zero-order valence-corrected chi connectivity index (χ0v) is 17.2. The maximum absolute atomic E-state index is 14.6. The van der Waals surface area contributed by atoms with Crippen LogP contribution in [0.5, 0.6) is 0 Å². The Morgan fingerprint density at radius 2 is 1.75 bits per heavy atom. The molecule has 0 aliphatic heterocycles. The van der Waals surface area contributed by atoms with Crippen molar-refractivity contribution >= 4 is 33.3 Å². The molecule has 1 saturated carbocycles. The first-order valence-corrected chi connectivity index (χ1v) is 10.6. The number of nitrogens with zero attached hydrogens (tertiary/aromatic N) is 2. The van der Waals surface area contributed by atoms with Gasteiger partial charge in [-0.1, -0.05) is 41.7 Å². The summed E-state index contributed by atoms with van der Waals surface area (Å²) in [6, 6.07) is 17.3. The number of hydrogen-bond acceptors (Lipinski definition) is 4. The van der Waals surface area contributed by atoms with Crippen LogP contribution in [0.1, 0.15) is 24.1 Å². The van der Waals surface area contributed by atoms with Gasteiger partial charge in [0.1, 0.15) is 21.2 Å². The number of benzene rings is 2. The molecule has 32 heavy (non-hydrogen) atoms. The van der Waals surface area contributed by atoms with Gasteiger partial charge in [0.15, 0.2) is 0 Å². The summed E-state index contributed by atoms with van der Waals surface area (Å²) in [5.74, 6) is -2.94. The summed E-state index contributed by atoms with van der Waals surface area (Å²) < 4.78 is 51.8. The zero-order valence-electron chi connectivity index (χ0n) is 16.4. The molecular weight excluding hydrogens is 442 g/mol. The zero-order chi connectivity index (χ0) is 22.5. The van der Waals surface area contributed by atoms with Crippen LogP contribution in [0.3, 0.4) is 0 Å². The van der Waals surface area contributed by atoms with Crippen LogP contribution in [0.15, 0.2) is 60.7 Å². The van der Waals surface area contributed by atoms with E-state index in [1.807, 2.05) is 30.3 Å². The van der Waals surface area contributed by atoms with E-state index >= 15 is 0 Å². The maximum Gasteiger partial charge on any atom is 0.471 e. The summed E-state index contributed by atoms with van der Waals surface area (Å²) in [5.41, 5.74) is 2.50. The van der Waals surface area contributed by atoms with Gasteiger partial charge in [-0.15, -0.1) is 0 Å². The van der Waals surface area contributed by atoms with E-state index in [0.717, 1.165) is 24.6 Å². The Kier molecular flexibility index (Phi) is 4.74. The molecule has 0 spiro atoms.